The smallest absolute Gasteiger partial charge is 0.220 e. The Kier molecular flexibility index (Phi) is 8.20. The third-order valence-electron chi connectivity index (χ3n) is 4.61. The van der Waals surface area contributed by atoms with Crippen molar-refractivity contribution in [3.05, 3.63) is 0 Å². The maximum atomic E-state index is 12.2. The largest absolute Gasteiger partial charge is 0.353 e. The number of nitrogens with one attached hydrogen (secondary N) is 1. The fourth-order valence-electron chi connectivity index (χ4n) is 3.43. The molecule has 2 atom stereocenters. The molecule has 1 amide bonds. The first-order valence-electron chi connectivity index (χ1n) is 8.52. The average Bonchev–Trinajstić information content (AvgIpc) is 2.66. The summed E-state index contributed by atoms with van der Waals surface area (Å²) in [6, 6.07) is 0.318. The lowest BCUT2D eigenvalue weighted by Gasteiger charge is -2.25. The Morgan fingerprint density at radius 3 is 2.25 bits per heavy atom. The second-order valence-corrected chi connectivity index (χ2v) is 7.04. The van der Waals surface area contributed by atoms with Gasteiger partial charge in [0.2, 0.25) is 5.91 Å². The van der Waals surface area contributed by atoms with Crippen molar-refractivity contribution in [2.45, 2.75) is 78.2 Å². The van der Waals surface area contributed by atoms with Crippen molar-refractivity contribution < 1.29 is 4.79 Å². The predicted molar refractivity (Wildman–Crippen MR) is 85.4 cm³/mol. The summed E-state index contributed by atoms with van der Waals surface area (Å²) in [5, 5.41) is 3.22. The molecular formula is C17H34N2O. The Hall–Kier alpha value is -0.570. The Labute approximate surface area is 125 Å². The van der Waals surface area contributed by atoms with Gasteiger partial charge in [-0.05, 0) is 50.5 Å². The zero-order chi connectivity index (χ0) is 15.0. The van der Waals surface area contributed by atoms with Gasteiger partial charge in [0.15, 0.2) is 0 Å². The number of carbonyl (C=O) groups is 1. The molecule has 3 heteroatoms. The van der Waals surface area contributed by atoms with Crippen molar-refractivity contribution in [3.8, 4) is 0 Å². The molecule has 3 N–H and O–H groups in total. The van der Waals surface area contributed by atoms with Crippen LogP contribution in [0, 0.1) is 17.8 Å². The van der Waals surface area contributed by atoms with Crippen molar-refractivity contribution in [3.63, 3.8) is 0 Å². The summed E-state index contributed by atoms with van der Waals surface area (Å²) < 4.78 is 0. The van der Waals surface area contributed by atoms with Crippen LogP contribution < -0.4 is 11.1 Å². The minimum Gasteiger partial charge on any atom is -0.353 e. The molecule has 0 aromatic heterocycles. The lowest BCUT2D eigenvalue weighted by Crippen LogP contribution is -2.39. The predicted octanol–water partition coefficient (Wildman–Crippen LogP) is 3.47. The van der Waals surface area contributed by atoms with Gasteiger partial charge < -0.3 is 11.1 Å². The summed E-state index contributed by atoms with van der Waals surface area (Å²) in [5.74, 6) is 1.80. The lowest BCUT2D eigenvalue weighted by atomic mass is 9.91. The van der Waals surface area contributed by atoms with Gasteiger partial charge in [-0.1, -0.05) is 39.5 Å². The zero-order valence-corrected chi connectivity index (χ0v) is 13.7. The quantitative estimate of drug-likeness (QED) is 0.702. The molecule has 0 radical (unpaired) electrons. The molecule has 0 aromatic carbocycles. The van der Waals surface area contributed by atoms with Crippen molar-refractivity contribution in [2.75, 3.05) is 6.54 Å². The van der Waals surface area contributed by atoms with Crippen LogP contribution in [0.4, 0.5) is 0 Å². The summed E-state index contributed by atoms with van der Waals surface area (Å²) in [6.07, 6.45) is 9.55. The van der Waals surface area contributed by atoms with Crippen LogP contribution >= 0.6 is 0 Å². The topological polar surface area (TPSA) is 55.1 Å². The number of rotatable bonds is 7. The minimum atomic E-state index is 0.192. The molecule has 118 valence electrons. The molecule has 1 aliphatic carbocycles. The monoisotopic (exact) mass is 282 g/mol. The van der Waals surface area contributed by atoms with E-state index in [1.54, 1.807) is 0 Å². The molecule has 0 aromatic rings. The number of hydrogen-bond acceptors (Lipinski definition) is 2. The Bertz CT molecular complexity index is 270. The van der Waals surface area contributed by atoms with E-state index in [0.29, 0.717) is 36.8 Å². The fraction of sp³-hybridized carbons (Fsp3) is 0.941. The van der Waals surface area contributed by atoms with Gasteiger partial charge in [-0.3, -0.25) is 4.79 Å². The van der Waals surface area contributed by atoms with Gasteiger partial charge in [0.25, 0.3) is 0 Å². The van der Waals surface area contributed by atoms with Crippen molar-refractivity contribution >= 4 is 5.91 Å². The van der Waals surface area contributed by atoms with E-state index in [4.69, 9.17) is 5.73 Å². The number of carbonyl (C=O) groups excluding carboxylic acids is 1. The van der Waals surface area contributed by atoms with Crippen molar-refractivity contribution in [1.82, 2.24) is 5.32 Å². The van der Waals surface area contributed by atoms with Crippen LogP contribution in [0.25, 0.3) is 0 Å². The highest BCUT2D eigenvalue weighted by Gasteiger charge is 2.22. The van der Waals surface area contributed by atoms with E-state index in [0.717, 1.165) is 6.42 Å². The van der Waals surface area contributed by atoms with E-state index in [9.17, 15) is 4.79 Å². The third-order valence-corrected chi connectivity index (χ3v) is 4.61. The van der Waals surface area contributed by atoms with Crippen LogP contribution in [0.5, 0.6) is 0 Å². The minimum absolute atomic E-state index is 0.192. The number of amides is 1. The molecule has 1 saturated carbocycles. The Morgan fingerprint density at radius 2 is 1.75 bits per heavy atom. The molecule has 20 heavy (non-hydrogen) atoms. The first-order valence-corrected chi connectivity index (χ1v) is 8.52. The van der Waals surface area contributed by atoms with Crippen LogP contribution in [-0.2, 0) is 4.79 Å². The summed E-state index contributed by atoms with van der Waals surface area (Å²) in [7, 11) is 0. The number of nitrogens with two attached hydrogens (primary N) is 1. The summed E-state index contributed by atoms with van der Waals surface area (Å²) in [5.41, 5.74) is 5.78. The maximum absolute atomic E-state index is 12.2. The third kappa shape index (κ3) is 6.74. The van der Waals surface area contributed by atoms with Gasteiger partial charge in [0.1, 0.15) is 0 Å². The molecule has 0 unspecified atom stereocenters. The van der Waals surface area contributed by atoms with Crippen molar-refractivity contribution in [1.29, 1.82) is 0 Å². The fourth-order valence-corrected chi connectivity index (χ4v) is 3.43. The average molecular weight is 282 g/mol. The normalized spacial score (nSPS) is 20.4. The van der Waals surface area contributed by atoms with Gasteiger partial charge in [-0.25, -0.2) is 0 Å². The molecule has 1 aliphatic rings. The highest BCUT2D eigenvalue weighted by molar-refractivity contribution is 5.76. The molecule has 0 heterocycles. The highest BCUT2D eigenvalue weighted by atomic mass is 16.1. The van der Waals surface area contributed by atoms with Gasteiger partial charge in [0, 0.05) is 12.5 Å². The van der Waals surface area contributed by atoms with E-state index in [-0.39, 0.29) is 5.91 Å². The van der Waals surface area contributed by atoms with Gasteiger partial charge in [-0.15, -0.1) is 0 Å². The molecule has 0 saturated heterocycles. The van der Waals surface area contributed by atoms with Crippen LogP contribution in [0.3, 0.4) is 0 Å². The molecule has 1 rings (SSSR count). The Morgan fingerprint density at radius 1 is 1.15 bits per heavy atom. The van der Waals surface area contributed by atoms with E-state index in [1.165, 1.54) is 38.5 Å². The second-order valence-electron chi connectivity index (χ2n) is 7.04. The molecule has 1 fully saturated rings. The second kappa shape index (κ2) is 9.38. The summed E-state index contributed by atoms with van der Waals surface area (Å²) in [6.45, 7) is 7.17. The van der Waals surface area contributed by atoms with E-state index >= 15 is 0 Å². The molecular weight excluding hydrogens is 248 g/mol. The van der Waals surface area contributed by atoms with E-state index in [2.05, 4.69) is 26.1 Å². The molecule has 0 bridgehead atoms. The first kappa shape index (κ1) is 17.5. The van der Waals surface area contributed by atoms with E-state index in [1.807, 2.05) is 0 Å². The summed E-state index contributed by atoms with van der Waals surface area (Å²) in [4.78, 5) is 12.2. The maximum Gasteiger partial charge on any atom is 0.220 e. The van der Waals surface area contributed by atoms with Crippen LogP contribution in [0.1, 0.15) is 72.1 Å². The summed E-state index contributed by atoms with van der Waals surface area (Å²) >= 11 is 0. The van der Waals surface area contributed by atoms with Gasteiger partial charge in [-0.2, -0.15) is 0 Å². The van der Waals surface area contributed by atoms with Crippen molar-refractivity contribution in [2.24, 2.45) is 23.5 Å². The number of hydrogen-bond donors (Lipinski definition) is 2. The standard InChI is InChI=1S/C17H34N2O/c1-13(2)10-15(12-18)11-17(20)19-14(3)16-8-6-4-5-7-9-16/h13-16H,4-12,18H2,1-3H3,(H,19,20)/t14-,15-/m0/s1. The van der Waals surface area contributed by atoms with Crippen LogP contribution in [0.2, 0.25) is 0 Å². The van der Waals surface area contributed by atoms with Gasteiger partial charge >= 0.3 is 0 Å². The molecule has 3 nitrogen and oxygen atoms in total. The van der Waals surface area contributed by atoms with E-state index < -0.39 is 0 Å². The van der Waals surface area contributed by atoms with Crippen LogP contribution in [-0.4, -0.2) is 18.5 Å². The lowest BCUT2D eigenvalue weighted by molar-refractivity contribution is -0.123. The first-order chi connectivity index (χ1) is 9.52. The Balaban J connectivity index is 2.35. The van der Waals surface area contributed by atoms with Crippen LogP contribution in [0.15, 0.2) is 0 Å². The highest BCUT2D eigenvalue weighted by Crippen LogP contribution is 2.25. The molecule has 0 spiro atoms. The van der Waals surface area contributed by atoms with Gasteiger partial charge in [0.05, 0.1) is 0 Å². The molecule has 0 aliphatic heterocycles. The SMILES string of the molecule is CC(C)C[C@H](CN)CC(=O)N[C@@H](C)C1CCCCCC1. The zero-order valence-electron chi connectivity index (χ0n) is 13.7.